The Bertz CT molecular complexity index is 977. The molecular formula is C23H32N6S. The first-order valence-electron chi connectivity index (χ1n) is 10.8. The third-order valence-corrected chi connectivity index (χ3v) is 6.81. The van der Waals surface area contributed by atoms with Gasteiger partial charge in [-0.15, -0.1) is 11.3 Å². The maximum atomic E-state index is 4.81. The van der Waals surface area contributed by atoms with Crippen LogP contribution < -0.4 is 10.6 Å². The summed E-state index contributed by atoms with van der Waals surface area (Å²) in [6.07, 6.45) is 4.57. The summed E-state index contributed by atoms with van der Waals surface area (Å²) < 4.78 is 2.12. The average Bonchev–Trinajstić information content (AvgIpc) is 3.40. The number of aryl methyl sites for hydroxylation is 1. The highest BCUT2D eigenvalue weighted by molar-refractivity contribution is 7.10. The lowest BCUT2D eigenvalue weighted by Crippen LogP contribution is -2.44. The topological polar surface area (TPSA) is 57.0 Å². The summed E-state index contributed by atoms with van der Waals surface area (Å²) in [6, 6.07) is 11.1. The maximum absolute atomic E-state index is 4.81. The molecule has 160 valence electrons. The summed E-state index contributed by atoms with van der Waals surface area (Å²) >= 11 is 1.87. The average molecular weight is 425 g/mol. The molecule has 3 aromatic rings. The number of rotatable bonds is 6. The number of hydrogen-bond donors (Lipinski definition) is 2. The Morgan fingerprint density at radius 1 is 1.27 bits per heavy atom. The van der Waals surface area contributed by atoms with Crippen molar-refractivity contribution in [3.8, 4) is 0 Å². The Kier molecular flexibility index (Phi) is 6.69. The summed E-state index contributed by atoms with van der Waals surface area (Å²) in [6.45, 7) is 7.70. The number of pyridine rings is 1. The molecule has 0 bridgehead atoms. The van der Waals surface area contributed by atoms with E-state index in [1.165, 1.54) is 30.0 Å². The van der Waals surface area contributed by atoms with Crippen LogP contribution in [0.2, 0.25) is 0 Å². The van der Waals surface area contributed by atoms with Crippen LogP contribution in [0.25, 0.3) is 5.65 Å². The molecule has 0 aliphatic carbocycles. The minimum Gasteiger partial charge on any atom is -0.357 e. The summed E-state index contributed by atoms with van der Waals surface area (Å²) in [5, 5.41) is 9.18. The molecule has 0 saturated carbocycles. The maximum Gasteiger partial charge on any atom is 0.191 e. The van der Waals surface area contributed by atoms with Gasteiger partial charge >= 0.3 is 0 Å². The van der Waals surface area contributed by atoms with Gasteiger partial charge in [0, 0.05) is 35.9 Å². The predicted octanol–water partition coefficient (Wildman–Crippen LogP) is 3.84. The van der Waals surface area contributed by atoms with E-state index < -0.39 is 0 Å². The van der Waals surface area contributed by atoms with Gasteiger partial charge in [0.05, 0.1) is 12.2 Å². The number of guanidine groups is 1. The number of aromatic nitrogens is 2. The lowest BCUT2D eigenvalue weighted by Gasteiger charge is -2.39. The van der Waals surface area contributed by atoms with Gasteiger partial charge in [0.15, 0.2) is 5.96 Å². The molecule has 3 aromatic heterocycles. The van der Waals surface area contributed by atoms with E-state index in [2.05, 4.69) is 70.6 Å². The van der Waals surface area contributed by atoms with Crippen molar-refractivity contribution >= 4 is 22.9 Å². The van der Waals surface area contributed by atoms with E-state index in [0.29, 0.717) is 18.5 Å². The molecule has 2 unspecified atom stereocenters. The van der Waals surface area contributed by atoms with Crippen molar-refractivity contribution in [3.05, 3.63) is 58.2 Å². The number of hydrogen-bond acceptors (Lipinski definition) is 4. The van der Waals surface area contributed by atoms with Crippen molar-refractivity contribution in [1.29, 1.82) is 0 Å². The van der Waals surface area contributed by atoms with Crippen LogP contribution in [0.3, 0.4) is 0 Å². The zero-order valence-electron chi connectivity index (χ0n) is 18.1. The van der Waals surface area contributed by atoms with Crippen LogP contribution >= 0.6 is 11.3 Å². The molecule has 2 atom stereocenters. The van der Waals surface area contributed by atoms with Crippen LogP contribution in [0, 0.1) is 12.8 Å². The van der Waals surface area contributed by atoms with Crippen LogP contribution in [-0.4, -0.2) is 46.9 Å². The molecule has 1 aliphatic heterocycles. The van der Waals surface area contributed by atoms with Crippen LogP contribution in [0.4, 0.5) is 0 Å². The number of likely N-dealkylation sites (tertiary alicyclic amines) is 1. The largest absolute Gasteiger partial charge is 0.357 e. The number of piperidine rings is 1. The van der Waals surface area contributed by atoms with E-state index in [0.717, 1.165) is 30.4 Å². The molecule has 7 heteroatoms. The fourth-order valence-electron chi connectivity index (χ4n) is 4.39. The number of imidazole rings is 1. The first-order valence-corrected chi connectivity index (χ1v) is 11.7. The molecule has 1 saturated heterocycles. The summed E-state index contributed by atoms with van der Waals surface area (Å²) in [5.41, 5.74) is 3.14. The normalized spacial score (nSPS) is 20.6. The second-order valence-corrected chi connectivity index (χ2v) is 9.03. The SMILES string of the molecule is CCNC(=NCc1cn2c(C)cccc2n1)NCC1CCCN(C)C1c1cccs1. The standard InChI is InChI=1S/C23H32N6S/c1-4-24-23(26-15-19-16-29-17(2)8-5-11-21(29)27-19)25-14-18-9-6-12-28(3)22(18)20-10-7-13-30-20/h5,7-8,10-11,13,16,18,22H,4,6,9,12,14-15H2,1-3H3,(H2,24,25,26). The predicted molar refractivity (Wildman–Crippen MR) is 125 cm³/mol. The van der Waals surface area contributed by atoms with Gasteiger partial charge in [-0.3, -0.25) is 4.90 Å². The molecule has 0 amide bonds. The van der Waals surface area contributed by atoms with Gasteiger partial charge in [-0.25, -0.2) is 9.98 Å². The third-order valence-electron chi connectivity index (χ3n) is 5.86. The Hall–Kier alpha value is -2.38. The Morgan fingerprint density at radius 3 is 2.93 bits per heavy atom. The molecule has 0 aromatic carbocycles. The van der Waals surface area contributed by atoms with Gasteiger partial charge in [-0.1, -0.05) is 12.1 Å². The van der Waals surface area contributed by atoms with Gasteiger partial charge in [-0.05, 0) is 69.8 Å². The highest BCUT2D eigenvalue weighted by atomic mass is 32.1. The van der Waals surface area contributed by atoms with Gasteiger partial charge in [0.25, 0.3) is 0 Å². The Balaban J connectivity index is 1.44. The Morgan fingerprint density at radius 2 is 2.17 bits per heavy atom. The molecule has 1 aliphatic rings. The van der Waals surface area contributed by atoms with E-state index in [1.54, 1.807) is 0 Å². The molecule has 0 radical (unpaired) electrons. The zero-order chi connectivity index (χ0) is 20.9. The number of aliphatic imine (C=N–C) groups is 1. The number of thiophene rings is 1. The van der Waals surface area contributed by atoms with Gasteiger partial charge < -0.3 is 15.0 Å². The van der Waals surface area contributed by atoms with E-state index >= 15 is 0 Å². The summed E-state index contributed by atoms with van der Waals surface area (Å²) in [4.78, 5) is 13.5. The number of nitrogens with one attached hydrogen (secondary N) is 2. The molecule has 6 nitrogen and oxygen atoms in total. The van der Waals surface area contributed by atoms with Gasteiger partial charge in [0.1, 0.15) is 5.65 Å². The van der Waals surface area contributed by atoms with E-state index in [9.17, 15) is 0 Å². The van der Waals surface area contributed by atoms with Crippen molar-refractivity contribution in [2.75, 3.05) is 26.7 Å². The Labute approximate surface area is 183 Å². The second kappa shape index (κ2) is 9.62. The smallest absolute Gasteiger partial charge is 0.191 e. The fourth-order valence-corrected chi connectivity index (χ4v) is 5.37. The molecule has 30 heavy (non-hydrogen) atoms. The van der Waals surface area contributed by atoms with Crippen molar-refractivity contribution in [2.45, 2.75) is 39.3 Å². The third kappa shape index (κ3) is 4.68. The zero-order valence-corrected chi connectivity index (χ0v) is 19.0. The summed E-state index contributed by atoms with van der Waals surface area (Å²) in [7, 11) is 2.25. The highest BCUT2D eigenvalue weighted by Gasteiger charge is 2.31. The molecule has 4 heterocycles. The summed E-state index contributed by atoms with van der Waals surface area (Å²) in [5.74, 6) is 1.44. The molecule has 1 fully saturated rings. The second-order valence-electron chi connectivity index (χ2n) is 8.05. The van der Waals surface area contributed by atoms with Crippen LogP contribution in [0.15, 0.2) is 46.9 Å². The molecule has 0 spiro atoms. The van der Waals surface area contributed by atoms with Crippen LogP contribution in [0.1, 0.15) is 42.1 Å². The van der Waals surface area contributed by atoms with Crippen LogP contribution in [-0.2, 0) is 6.54 Å². The molecule has 2 N–H and O–H groups in total. The van der Waals surface area contributed by atoms with Crippen molar-refractivity contribution in [3.63, 3.8) is 0 Å². The van der Waals surface area contributed by atoms with Gasteiger partial charge in [0.2, 0.25) is 0 Å². The molecule has 4 rings (SSSR count). The first kappa shape index (κ1) is 20.9. The van der Waals surface area contributed by atoms with Crippen LogP contribution in [0.5, 0.6) is 0 Å². The number of nitrogens with zero attached hydrogens (tertiary/aromatic N) is 4. The van der Waals surface area contributed by atoms with E-state index in [4.69, 9.17) is 9.98 Å². The fraction of sp³-hybridized carbons (Fsp3) is 0.478. The number of fused-ring (bicyclic) bond motifs is 1. The van der Waals surface area contributed by atoms with Crippen molar-refractivity contribution in [1.82, 2.24) is 24.9 Å². The van der Waals surface area contributed by atoms with E-state index in [1.807, 2.05) is 23.5 Å². The lowest BCUT2D eigenvalue weighted by molar-refractivity contribution is 0.125. The van der Waals surface area contributed by atoms with Gasteiger partial charge in [-0.2, -0.15) is 0 Å². The minimum absolute atomic E-state index is 0.482. The lowest BCUT2D eigenvalue weighted by atomic mass is 9.88. The van der Waals surface area contributed by atoms with Crippen molar-refractivity contribution < 1.29 is 0 Å². The van der Waals surface area contributed by atoms with Crippen molar-refractivity contribution in [2.24, 2.45) is 10.9 Å². The first-order chi connectivity index (χ1) is 14.7. The quantitative estimate of drug-likeness (QED) is 0.466. The molecular weight excluding hydrogens is 392 g/mol. The minimum atomic E-state index is 0.482. The highest BCUT2D eigenvalue weighted by Crippen LogP contribution is 2.36. The van der Waals surface area contributed by atoms with E-state index in [-0.39, 0.29) is 0 Å². The monoisotopic (exact) mass is 424 g/mol.